The van der Waals surface area contributed by atoms with Crippen LogP contribution in [0.4, 0.5) is 5.69 Å². The molecule has 1 aromatic carbocycles. The van der Waals surface area contributed by atoms with E-state index in [2.05, 4.69) is 19.0 Å². The van der Waals surface area contributed by atoms with Crippen LogP contribution < -0.4 is 11.1 Å². The van der Waals surface area contributed by atoms with Gasteiger partial charge >= 0.3 is 0 Å². The fourth-order valence-electron chi connectivity index (χ4n) is 3.72. The van der Waals surface area contributed by atoms with Crippen molar-refractivity contribution >= 4 is 46.0 Å². The van der Waals surface area contributed by atoms with Crippen molar-refractivity contribution in [1.29, 1.82) is 0 Å². The molecular formula is C15H18ClN5OS. The van der Waals surface area contributed by atoms with Crippen LogP contribution in [-0.2, 0) is 0 Å². The maximum atomic E-state index is 12.8. The van der Waals surface area contributed by atoms with E-state index in [1.54, 1.807) is 6.07 Å². The van der Waals surface area contributed by atoms with Crippen LogP contribution in [0.15, 0.2) is 6.07 Å². The first-order valence-corrected chi connectivity index (χ1v) is 8.98. The van der Waals surface area contributed by atoms with E-state index in [0.717, 1.165) is 31.2 Å². The van der Waals surface area contributed by atoms with Crippen molar-refractivity contribution in [3.05, 3.63) is 16.7 Å². The quantitative estimate of drug-likeness (QED) is 0.810. The Morgan fingerprint density at radius 2 is 2.17 bits per heavy atom. The van der Waals surface area contributed by atoms with Gasteiger partial charge in [0.05, 0.1) is 28.0 Å². The topological polar surface area (TPSA) is 84.1 Å². The molecule has 1 aromatic heterocycles. The molecule has 3 atom stereocenters. The standard InChI is InChI=1S/C15H18ClN5OS/c16-10-6-9(13-14(12(10)17)20-23-19-13)15(22)18-11-3-5-21-4-1-2-8(11)7-21/h6,8,11H,1-5,7,17H2,(H,18,22). The number of rotatable bonds is 2. The van der Waals surface area contributed by atoms with E-state index < -0.39 is 0 Å². The summed E-state index contributed by atoms with van der Waals surface area (Å²) in [6, 6.07) is 1.82. The van der Waals surface area contributed by atoms with Crippen molar-refractivity contribution in [1.82, 2.24) is 19.0 Å². The summed E-state index contributed by atoms with van der Waals surface area (Å²) in [5, 5.41) is 3.54. The molecule has 1 amide bonds. The zero-order chi connectivity index (χ0) is 16.0. The van der Waals surface area contributed by atoms with E-state index in [1.165, 1.54) is 19.4 Å². The number of nitrogens with two attached hydrogens (primary N) is 1. The van der Waals surface area contributed by atoms with E-state index in [4.69, 9.17) is 17.3 Å². The summed E-state index contributed by atoms with van der Waals surface area (Å²) in [6.07, 6.45) is 3.39. The van der Waals surface area contributed by atoms with Crippen LogP contribution in [0.2, 0.25) is 5.02 Å². The maximum absolute atomic E-state index is 12.8. The molecule has 3 N–H and O–H groups in total. The van der Waals surface area contributed by atoms with E-state index in [9.17, 15) is 4.79 Å². The minimum atomic E-state index is -0.131. The number of aromatic nitrogens is 2. The molecule has 0 aliphatic carbocycles. The van der Waals surface area contributed by atoms with Crippen LogP contribution in [0.25, 0.3) is 11.0 Å². The number of hydrogen-bond acceptors (Lipinski definition) is 6. The largest absolute Gasteiger partial charge is 0.396 e. The van der Waals surface area contributed by atoms with Gasteiger partial charge in [0.25, 0.3) is 5.91 Å². The van der Waals surface area contributed by atoms with Crippen molar-refractivity contribution < 1.29 is 4.79 Å². The number of halogens is 1. The zero-order valence-corrected chi connectivity index (χ0v) is 14.2. The van der Waals surface area contributed by atoms with Crippen molar-refractivity contribution in [3.63, 3.8) is 0 Å². The average Bonchev–Trinajstić information content (AvgIpc) is 3.04. The van der Waals surface area contributed by atoms with E-state index in [-0.39, 0.29) is 11.9 Å². The molecule has 2 bridgehead atoms. The normalized spacial score (nSPS) is 27.1. The zero-order valence-electron chi connectivity index (χ0n) is 12.6. The van der Waals surface area contributed by atoms with E-state index in [1.807, 2.05) is 0 Å². The number of nitrogens with one attached hydrogen (secondary N) is 1. The van der Waals surface area contributed by atoms with Gasteiger partial charge in [0.15, 0.2) is 0 Å². The van der Waals surface area contributed by atoms with Crippen molar-refractivity contribution in [2.75, 3.05) is 25.4 Å². The number of nitrogen functional groups attached to an aromatic ring is 1. The molecule has 0 saturated carbocycles. The lowest BCUT2D eigenvalue weighted by atomic mass is 9.85. The Labute approximate surface area is 143 Å². The highest BCUT2D eigenvalue weighted by atomic mass is 35.5. The van der Waals surface area contributed by atoms with Crippen LogP contribution in [-0.4, -0.2) is 45.2 Å². The molecule has 3 unspecified atom stereocenters. The van der Waals surface area contributed by atoms with Crippen LogP contribution in [0.5, 0.6) is 0 Å². The van der Waals surface area contributed by atoms with Gasteiger partial charge in [0.2, 0.25) is 0 Å². The summed E-state index contributed by atoms with van der Waals surface area (Å²) in [6.45, 7) is 3.33. The number of carbonyl (C=O) groups is 1. The molecule has 2 aromatic rings. The minimum Gasteiger partial charge on any atom is -0.396 e. The van der Waals surface area contributed by atoms with Gasteiger partial charge in [0.1, 0.15) is 11.0 Å². The van der Waals surface area contributed by atoms with Gasteiger partial charge in [-0.05, 0) is 37.8 Å². The second-order valence-electron chi connectivity index (χ2n) is 6.35. The first kappa shape index (κ1) is 15.1. The van der Waals surface area contributed by atoms with Crippen molar-refractivity contribution in [2.45, 2.75) is 25.3 Å². The Bertz CT molecular complexity index is 764. The third kappa shape index (κ3) is 2.66. The molecule has 23 heavy (non-hydrogen) atoms. The highest BCUT2D eigenvalue weighted by molar-refractivity contribution is 7.00. The summed E-state index contributed by atoms with van der Waals surface area (Å²) in [4.78, 5) is 15.2. The van der Waals surface area contributed by atoms with Crippen LogP contribution >= 0.6 is 23.3 Å². The molecular weight excluding hydrogens is 334 g/mol. The number of piperidine rings is 2. The number of benzene rings is 1. The van der Waals surface area contributed by atoms with Gasteiger partial charge in [0, 0.05) is 19.1 Å². The Kier molecular flexibility index (Phi) is 3.87. The van der Waals surface area contributed by atoms with Gasteiger partial charge < -0.3 is 16.0 Å². The Hall–Kier alpha value is -1.44. The number of amides is 1. The van der Waals surface area contributed by atoms with Gasteiger partial charge in [-0.25, -0.2) is 0 Å². The second kappa shape index (κ2) is 5.89. The van der Waals surface area contributed by atoms with Crippen molar-refractivity contribution in [2.24, 2.45) is 5.92 Å². The third-order valence-electron chi connectivity index (χ3n) is 4.96. The Morgan fingerprint density at radius 1 is 1.35 bits per heavy atom. The molecule has 2 aliphatic heterocycles. The fourth-order valence-corrected chi connectivity index (χ4v) is 4.49. The molecule has 3 heterocycles. The summed E-state index contributed by atoms with van der Waals surface area (Å²) < 4.78 is 8.37. The lowest BCUT2D eigenvalue weighted by Crippen LogP contribution is -2.53. The molecule has 8 heteroatoms. The predicted octanol–water partition coefficient (Wildman–Crippen LogP) is 2.14. The number of fused-ring (bicyclic) bond motifs is 3. The van der Waals surface area contributed by atoms with Gasteiger partial charge in [-0.1, -0.05) is 11.6 Å². The minimum absolute atomic E-state index is 0.131. The summed E-state index contributed by atoms with van der Waals surface area (Å²) in [5.41, 5.74) is 7.82. The SMILES string of the molecule is Nc1c(Cl)cc(C(=O)NC2CCN3CCCC2C3)c2nsnc12. The summed E-state index contributed by atoms with van der Waals surface area (Å²) >= 11 is 7.19. The Balaban J connectivity index is 1.60. The Morgan fingerprint density at radius 3 is 3.04 bits per heavy atom. The molecule has 2 saturated heterocycles. The lowest BCUT2D eigenvalue weighted by Gasteiger charge is -2.42. The fraction of sp³-hybridized carbons (Fsp3) is 0.533. The van der Waals surface area contributed by atoms with Crippen LogP contribution in [0, 0.1) is 5.92 Å². The first-order valence-electron chi connectivity index (χ1n) is 7.87. The molecule has 4 rings (SSSR count). The lowest BCUT2D eigenvalue weighted by molar-refractivity contribution is 0.0740. The van der Waals surface area contributed by atoms with E-state index >= 15 is 0 Å². The monoisotopic (exact) mass is 351 g/mol. The van der Waals surface area contributed by atoms with Gasteiger partial charge in [-0.3, -0.25) is 4.79 Å². The number of nitrogens with zero attached hydrogens (tertiary/aromatic N) is 3. The molecule has 2 aliphatic rings. The van der Waals surface area contributed by atoms with Crippen molar-refractivity contribution in [3.8, 4) is 0 Å². The third-order valence-corrected chi connectivity index (χ3v) is 5.80. The number of carbonyl (C=O) groups excluding carboxylic acids is 1. The summed E-state index contributed by atoms with van der Waals surface area (Å²) in [7, 11) is 0. The smallest absolute Gasteiger partial charge is 0.253 e. The maximum Gasteiger partial charge on any atom is 0.253 e. The molecule has 122 valence electrons. The summed E-state index contributed by atoms with van der Waals surface area (Å²) in [5.74, 6) is 0.406. The van der Waals surface area contributed by atoms with Gasteiger partial charge in [-0.2, -0.15) is 8.75 Å². The van der Waals surface area contributed by atoms with Gasteiger partial charge in [-0.15, -0.1) is 0 Å². The van der Waals surface area contributed by atoms with Crippen LogP contribution in [0.3, 0.4) is 0 Å². The number of anilines is 1. The average molecular weight is 352 g/mol. The number of hydrogen-bond donors (Lipinski definition) is 2. The van der Waals surface area contributed by atoms with Crippen LogP contribution in [0.1, 0.15) is 29.6 Å². The predicted molar refractivity (Wildman–Crippen MR) is 91.9 cm³/mol. The molecule has 6 nitrogen and oxygen atoms in total. The molecule has 0 radical (unpaired) electrons. The van der Waals surface area contributed by atoms with E-state index in [0.29, 0.717) is 33.2 Å². The first-order chi connectivity index (χ1) is 11.1. The highest BCUT2D eigenvalue weighted by Crippen LogP contribution is 2.31. The highest BCUT2D eigenvalue weighted by Gasteiger charge is 2.33. The molecule has 2 fully saturated rings. The molecule has 0 spiro atoms. The second-order valence-corrected chi connectivity index (χ2v) is 7.29.